The molecule has 0 radical (unpaired) electrons. The van der Waals surface area contributed by atoms with Crippen LogP contribution in [0.5, 0.6) is 0 Å². The first kappa shape index (κ1) is 21.2. The Labute approximate surface area is 168 Å². The Balaban J connectivity index is 0.000000755. The number of ether oxygens (including phenoxy) is 1. The van der Waals surface area contributed by atoms with Gasteiger partial charge in [0.1, 0.15) is 0 Å². The van der Waals surface area contributed by atoms with E-state index in [0.29, 0.717) is 44.6 Å². The largest absolute Gasteiger partial charge is 0.483 e. The lowest BCUT2D eigenvalue weighted by molar-refractivity contribution is -0.122. The number of carbonyl (C=O) groups excluding carboxylic acids is 1. The third-order valence-electron chi connectivity index (χ3n) is 5.19. The van der Waals surface area contributed by atoms with Gasteiger partial charge in [-0.3, -0.25) is 9.59 Å². The SMILES string of the molecule is CS(=O)(=O)N1CCO[C@@H]2CCN(C(=O)c3cnn4ccccc34)CC[C@H]21.O=CO. The van der Waals surface area contributed by atoms with Crippen molar-refractivity contribution >= 4 is 27.9 Å². The van der Waals surface area contributed by atoms with Crippen LogP contribution < -0.4 is 0 Å². The summed E-state index contributed by atoms with van der Waals surface area (Å²) >= 11 is 0. The highest BCUT2D eigenvalue weighted by atomic mass is 32.2. The first-order valence-corrected chi connectivity index (χ1v) is 11.1. The minimum Gasteiger partial charge on any atom is -0.483 e. The lowest BCUT2D eigenvalue weighted by Gasteiger charge is -2.38. The number of likely N-dealkylation sites (tertiary alicyclic amines) is 1. The van der Waals surface area contributed by atoms with Crippen LogP contribution in [0.15, 0.2) is 30.6 Å². The van der Waals surface area contributed by atoms with Crippen LogP contribution in [0.2, 0.25) is 0 Å². The molecule has 2 saturated heterocycles. The molecule has 0 bridgehead atoms. The van der Waals surface area contributed by atoms with Gasteiger partial charge in [0.05, 0.1) is 42.3 Å². The van der Waals surface area contributed by atoms with E-state index in [4.69, 9.17) is 14.6 Å². The number of pyridine rings is 1. The van der Waals surface area contributed by atoms with Gasteiger partial charge in [-0.1, -0.05) is 6.07 Å². The van der Waals surface area contributed by atoms with Gasteiger partial charge in [0.15, 0.2) is 0 Å². The second-order valence-corrected chi connectivity index (χ2v) is 8.85. The standard InChI is InChI=1S/C17H22N4O4S.CH2O2/c1-26(23,24)21-10-11-25-16-6-9-19(8-5-15(16)21)17(22)13-12-18-20-7-3-2-4-14(13)20;2-1-3/h2-4,7,12,15-16H,5-6,8-11H2,1H3;1H,(H,2,3)/t15-,16-;/m1./s1. The molecule has 0 saturated carbocycles. The monoisotopic (exact) mass is 424 g/mol. The summed E-state index contributed by atoms with van der Waals surface area (Å²) in [4.78, 5) is 23.2. The van der Waals surface area contributed by atoms with E-state index in [9.17, 15) is 13.2 Å². The summed E-state index contributed by atoms with van der Waals surface area (Å²) in [6, 6.07) is 5.40. The Hall–Kier alpha value is -2.50. The predicted molar refractivity (Wildman–Crippen MR) is 104 cm³/mol. The average Bonchev–Trinajstić information content (AvgIpc) is 2.99. The van der Waals surface area contributed by atoms with E-state index in [2.05, 4.69) is 5.10 Å². The summed E-state index contributed by atoms with van der Waals surface area (Å²) in [5.41, 5.74) is 1.34. The molecular weight excluding hydrogens is 400 g/mol. The van der Waals surface area contributed by atoms with Crippen molar-refractivity contribution in [3.05, 3.63) is 36.2 Å². The Morgan fingerprint density at radius 3 is 2.72 bits per heavy atom. The predicted octanol–water partition coefficient (Wildman–Crippen LogP) is 0.300. The number of hydrogen-bond donors (Lipinski definition) is 1. The Kier molecular flexibility index (Phi) is 6.50. The molecule has 11 heteroatoms. The zero-order valence-electron chi connectivity index (χ0n) is 16.0. The van der Waals surface area contributed by atoms with Crippen molar-refractivity contribution in [3.8, 4) is 0 Å². The highest BCUT2D eigenvalue weighted by Crippen LogP contribution is 2.26. The zero-order valence-corrected chi connectivity index (χ0v) is 16.9. The first-order valence-electron chi connectivity index (χ1n) is 9.24. The van der Waals surface area contributed by atoms with Crippen LogP contribution in [0.4, 0.5) is 0 Å². The summed E-state index contributed by atoms with van der Waals surface area (Å²) in [7, 11) is -3.29. The molecule has 2 aliphatic heterocycles. The molecule has 158 valence electrons. The molecule has 2 aromatic rings. The number of carbonyl (C=O) groups is 2. The van der Waals surface area contributed by atoms with E-state index in [1.807, 2.05) is 18.2 Å². The van der Waals surface area contributed by atoms with Gasteiger partial charge in [0, 0.05) is 25.8 Å². The Bertz CT molecular complexity index is 976. The van der Waals surface area contributed by atoms with Crippen LogP contribution in [-0.2, 0) is 19.6 Å². The van der Waals surface area contributed by atoms with Crippen LogP contribution in [0.3, 0.4) is 0 Å². The molecule has 0 aromatic carbocycles. The van der Waals surface area contributed by atoms with Crippen molar-refractivity contribution in [1.29, 1.82) is 0 Å². The van der Waals surface area contributed by atoms with Crippen LogP contribution in [-0.4, -0.2) is 89.4 Å². The number of morpholine rings is 1. The molecule has 0 unspecified atom stereocenters. The molecule has 2 atom stereocenters. The van der Waals surface area contributed by atoms with Crippen LogP contribution in [0.1, 0.15) is 23.2 Å². The molecular formula is C18H24N4O6S. The number of amides is 1. The van der Waals surface area contributed by atoms with Gasteiger partial charge in [0.2, 0.25) is 10.0 Å². The van der Waals surface area contributed by atoms with Crippen molar-refractivity contribution < 1.29 is 27.9 Å². The summed E-state index contributed by atoms with van der Waals surface area (Å²) in [5, 5.41) is 11.1. The average molecular weight is 424 g/mol. The van der Waals surface area contributed by atoms with E-state index in [1.165, 1.54) is 10.6 Å². The minimum absolute atomic E-state index is 0.0734. The molecule has 2 aromatic heterocycles. The fourth-order valence-corrected chi connectivity index (χ4v) is 5.07. The van der Waals surface area contributed by atoms with Gasteiger partial charge in [-0.25, -0.2) is 12.9 Å². The first-order chi connectivity index (χ1) is 13.9. The zero-order chi connectivity index (χ0) is 21.0. The molecule has 0 spiro atoms. The normalized spacial score (nSPS) is 22.9. The molecule has 1 amide bonds. The summed E-state index contributed by atoms with van der Waals surface area (Å²) in [6.45, 7) is 1.57. The number of rotatable bonds is 2. The van der Waals surface area contributed by atoms with Crippen LogP contribution in [0.25, 0.3) is 5.52 Å². The highest BCUT2D eigenvalue weighted by Gasteiger charge is 2.39. The topological polar surface area (TPSA) is 122 Å². The number of hydrogen-bond acceptors (Lipinski definition) is 6. The van der Waals surface area contributed by atoms with E-state index in [-0.39, 0.29) is 24.5 Å². The number of sulfonamides is 1. The minimum atomic E-state index is -3.29. The van der Waals surface area contributed by atoms with E-state index in [1.54, 1.807) is 21.8 Å². The second kappa shape index (κ2) is 8.89. The third-order valence-corrected chi connectivity index (χ3v) is 6.50. The van der Waals surface area contributed by atoms with Crippen LogP contribution in [0, 0.1) is 0 Å². The van der Waals surface area contributed by atoms with Crippen molar-refractivity contribution in [3.63, 3.8) is 0 Å². The molecule has 4 heterocycles. The Morgan fingerprint density at radius 1 is 1.28 bits per heavy atom. The number of nitrogens with zero attached hydrogens (tertiary/aromatic N) is 4. The van der Waals surface area contributed by atoms with E-state index < -0.39 is 10.0 Å². The van der Waals surface area contributed by atoms with Gasteiger partial charge in [-0.2, -0.15) is 9.40 Å². The fourth-order valence-electron chi connectivity index (χ4n) is 3.93. The summed E-state index contributed by atoms with van der Waals surface area (Å²) in [6.07, 6.45) is 5.67. The maximum atomic E-state index is 13.0. The molecule has 10 nitrogen and oxygen atoms in total. The van der Waals surface area contributed by atoms with Crippen molar-refractivity contribution in [1.82, 2.24) is 18.8 Å². The van der Waals surface area contributed by atoms with E-state index in [0.717, 1.165) is 5.52 Å². The van der Waals surface area contributed by atoms with Gasteiger partial charge in [-0.15, -0.1) is 0 Å². The molecule has 4 rings (SSSR count). The highest BCUT2D eigenvalue weighted by molar-refractivity contribution is 7.88. The van der Waals surface area contributed by atoms with Gasteiger partial charge >= 0.3 is 0 Å². The van der Waals surface area contributed by atoms with Gasteiger partial charge in [-0.05, 0) is 25.0 Å². The number of aromatic nitrogens is 2. The maximum absolute atomic E-state index is 13.0. The van der Waals surface area contributed by atoms with Crippen molar-refractivity contribution in [2.24, 2.45) is 0 Å². The fraction of sp³-hybridized carbons (Fsp3) is 0.500. The van der Waals surface area contributed by atoms with Gasteiger partial charge < -0.3 is 14.7 Å². The molecule has 0 aliphatic carbocycles. The molecule has 2 fully saturated rings. The number of carboxylic acid groups (broad SMARTS) is 1. The van der Waals surface area contributed by atoms with Crippen molar-refractivity contribution in [2.75, 3.05) is 32.5 Å². The van der Waals surface area contributed by atoms with Crippen molar-refractivity contribution in [2.45, 2.75) is 25.0 Å². The van der Waals surface area contributed by atoms with Gasteiger partial charge in [0.25, 0.3) is 12.4 Å². The quantitative estimate of drug-likeness (QED) is 0.688. The maximum Gasteiger partial charge on any atom is 0.290 e. The Morgan fingerprint density at radius 2 is 2.00 bits per heavy atom. The molecule has 29 heavy (non-hydrogen) atoms. The summed E-state index contributed by atoms with van der Waals surface area (Å²) < 4.78 is 33.2. The lowest BCUT2D eigenvalue weighted by Crippen LogP contribution is -2.53. The smallest absolute Gasteiger partial charge is 0.290 e. The molecule has 1 N–H and O–H groups in total. The molecule has 2 aliphatic rings. The lowest BCUT2D eigenvalue weighted by atomic mass is 10.0. The second-order valence-electron chi connectivity index (χ2n) is 6.91. The number of fused-ring (bicyclic) bond motifs is 2. The van der Waals surface area contributed by atoms with Crippen LogP contribution >= 0.6 is 0 Å². The summed E-state index contributed by atoms with van der Waals surface area (Å²) in [5.74, 6) is -0.0734. The van der Waals surface area contributed by atoms with E-state index >= 15 is 0 Å². The third kappa shape index (κ3) is 4.57.